The summed E-state index contributed by atoms with van der Waals surface area (Å²) in [5.74, 6) is 0.757. The molecule has 0 saturated heterocycles. The van der Waals surface area contributed by atoms with Crippen molar-refractivity contribution < 1.29 is 8.95 Å². The minimum Gasteiger partial charge on any atom is -0.489 e. The predicted octanol–water partition coefficient (Wildman–Crippen LogP) is 4.77. The molecule has 0 N–H and O–H groups in total. The number of aromatic nitrogens is 4. The van der Waals surface area contributed by atoms with E-state index in [1.807, 2.05) is 89.5 Å². The van der Waals surface area contributed by atoms with Crippen LogP contribution in [-0.2, 0) is 17.4 Å². The molecule has 0 saturated carbocycles. The lowest BCUT2D eigenvalue weighted by atomic mass is 10.1. The fourth-order valence-corrected chi connectivity index (χ4v) is 3.96. The number of hydrogen-bond donors (Lipinski definition) is 0. The van der Waals surface area contributed by atoms with E-state index in [2.05, 4.69) is 9.97 Å². The van der Waals surface area contributed by atoms with Crippen molar-refractivity contribution in [1.82, 2.24) is 19.4 Å². The lowest BCUT2D eigenvalue weighted by molar-refractivity contribution is 0.306. The highest BCUT2D eigenvalue weighted by Gasteiger charge is 2.18. The summed E-state index contributed by atoms with van der Waals surface area (Å²) < 4.78 is 20.0. The molecule has 1 atom stereocenters. The summed E-state index contributed by atoms with van der Waals surface area (Å²) in [5, 5.41) is 0.291. The Hall–Kier alpha value is -3.84. The molecule has 5 aromatic rings. The zero-order valence-corrected chi connectivity index (χ0v) is 18.2. The minimum atomic E-state index is -1.28. The quantitative estimate of drug-likeness (QED) is 0.356. The molecule has 0 radical (unpaired) electrons. The van der Waals surface area contributed by atoms with E-state index >= 15 is 0 Å². The smallest absolute Gasteiger partial charge is 0.218 e. The van der Waals surface area contributed by atoms with Gasteiger partial charge in [-0.15, -0.1) is 0 Å². The molecule has 0 bridgehead atoms. The fourth-order valence-electron chi connectivity index (χ4n) is 3.53. The van der Waals surface area contributed by atoms with E-state index in [1.165, 1.54) is 0 Å². The molecule has 0 amide bonds. The maximum atomic E-state index is 12.0. The number of fused-ring (bicyclic) bond motifs is 1. The first kappa shape index (κ1) is 20.1. The molecule has 3 aromatic heterocycles. The van der Waals surface area contributed by atoms with Crippen molar-refractivity contribution in [3.05, 3.63) is 96.8 Å². The van der Waals surface area contributed by atoms with Crippen LogP contribution in [0.1, 0.15) is 5.56 Å². The summed E-state index contributed by atoms with van der Waals surface area (Å²) >= 11 is 0. The minimum absolute atomic E-state index is 0.291. The van der Waals surface area contributed by atoms with Gasteiger partial charge in [-0.3, -0.25) is 8.61 Å². The molecular formula is C25H20N4O2S. The van der Waals surface area contributed by atoms with Crippen molar-refractivity contribution >= 4 is 16.4 Å². The van der Waals surface area contributed by atoms with Gasteiger partial charge in [-0.05, 0) is 35.9 Å². The van der Waals surface area contributed by atoms with E-state index in [-0.39, 0.29) is 0 Å². The van der Waals surface area contributed by atoms with E-state index in [1.54, 1.807) is 12.5 Å². The summed E-state index contributed by atoms with van der Waals surface area (Å²) in [7, 11) is -1.28. The molecule has 3 heterocycles. The van der Waals surface area contributed by atoms with Gasteiger partial charge in [0.2, 0.25) is 5.16 Å². The Morgan fingerprint density at radius 1 is 0.938 bits per heavy atom. The first-order chi connectivity index (χ1) is 15.7. The molecular weight excluding hydrogens is 420 g/mol. The Kier molecular flexibility index (Phi) is 5.47. The van der Waals surface area contributed by atoms with Crippen molar-refractivity contribution in [3.8, 4) is 28.4 Å². The van der Waals surface area contributed by atoms with Gasteiger partial charge in [-0.2, -0.15) is 0 Å². The maximum Gasteiger partial charge on any atom is 0.218 e. The highest BCUT2D eigenvalue weighted by Crippen LogP contribution is 2.33. The van der Waals surface area contributed by atoms with E-state index in [9.17, 15) is 4.21 Å². The number of hydrogen-bond acceptors (Lipinski definition) is 5. The molecule has 2 aromatic carbocycles. The van der Waals surface area contributed by atoms with Crippen LogP contribution in [0.15, 0.2) is 96.4 Å². The van der Waals surface area contributed by atoms with Gasteiger partial charge in [0.15, 0.2) is 0 Å². The summed E-state index contributed by atoms with van der Waals surface area (Å²) in [4.78, 5) is 13.5. The molecule has 6 nitrogen and oxygen atoms in total. The molecule has 1 unspecified atom stereocenters. The van der Waals surface area contributed by atoms with Gasteiger partial charge in [-0.1, -0.05) is 48.5 Å². The van der Waals surface area contributed by atoms with E-state index in [0.29, 0.717) is 17.5 Å². The molecule has 0 spiro atoms. The van der Waals surface area contributed by atoms with Gasteiger partial charge in [0.1, 0.15) is 18.0 Å². The standard InChI is InChI=1S/C25H20N4O2S/c1-32(30)25-26-14-13-21(27-25)24-23(28-22-12-5-6-15-29(22)24)19-10-7-11-20(16-19)31-17-18-8-3-2-4-9-18/h2-16H,17H2,1H3. The molecule has 0 aliphatic rings. The number of ether oxygens (including phenoxy) is 1. The highest BCUT2D eigenvalue weighted by molar-refractivity contribution is 7.84. The van der Waals surface area contributed by atoms with Crippen molar-refractivity contribution in [3.63, 3.8) is 0 Å². The van der Waals surface area contributed by atoms with Gasteiger partial charge < -0.3 is 4.74 Å². The number of benzene rings is 2. The second-order valence-electron chi connectivity index (χ2n) is 7.22. The third kappa shape index (κ3) is 4.02. The summed E-state index contributed by atoms with van der Waals surface area (Å²) in [6.07, 6.45) is 5.15. The predicted molar refractivity (Wildman–Crippen MR) is 125 cm³/mol. The topological polar surface area (TPSA) is 69.4 Å². The van der Waals surface area contributed by atoms with Crippen molar-refractivity contribution in [1.29, 1.82) is 0 Å². The van der Waals surface area contributed by atoms with Gasteiger partial charge in [-0.25, -0.2) is 15.0 Å². The highest BCUT2D eigenvalue weighted by atomic mass is 32.2. The lowest BCUT2D eigenvalue weighted by Gasteiger charge is -2.09. The molecule has 0 fully saturated rings. The largest absolute Gasteiger partial charge is 0.489 e. The Labute approximate surface area is 188 Å². The Bertz CT molecular complexity index is 1420. The average molecular weight is 441 g/mol. The molecule has 7 heteroatoms. The number of nitrogens with zero attached hydrogens (tertiary/aromatic N) is 4. The normalized spacial score (nSPS) is 12.0. The first-order valence-corrected chi connectivity index (χ1v) is 11.7. The van der Waals surface area contributed by atoms with Crippen LogP contribution < -0.4 is 4.74 Å². The van der Waals surface area contributed by atoms with Crippen molar-refractivity contribution in [2.24, 2.45) is 0 Å². The Morgan fingerprint density at radius 2 is 1.78 bits per heavy atom. The number of rotatable bonds is 6. The SMILES string of the molecule is CS(=O)c1nccc(-c2c(-c3cccc(OCc4ccccc4)c3)nc3ccccn23)n1. The van der Waals surface area contributed by atoms with Crippen LogP contribution in [0.4, 0.5) is 0 Å². The van der Waals surface area contributed by atoms with Crippen LogP contribution >= 0.6 is 0 Å². The molecule has 5 rings (SSSR count). The third-order valence-corrected chi connectivity index (χ3v) is 5.73. The van der Waals surface area contributed by atoms with Crippen LogP contribution in [0.3, 0.4) is 0 Å². The van der Waals surface area contributed by atoms with Crippen LogP contribution in [0.25, 0.3) is 28.3 Å². The van der Waals surface area contributed by atoms with E-state index in [4.69, 9.17) is 9.72 Å². The monoisotopic (exact) mass is 440 g/mol. The Balaban J connectivity index is 1.58. The Morgan fingerprint density at radius 3 is 2.62 bits per heavy atom. The van der Waals surface area contributed by atoms with Crippen molar-refractivity contribution in [2.75, 3.05) is 6.26 Å². The summed E-state index contributed by atoms with van der Waals surface area (Å²) in [6, 6.07) is 25.6. The second kappa shape index (κ2) is 8.72. The van der Waals surface area contributed by atoms with Gasteiger partial charge in [0.25, 0.3) is 0 Å². The number of pyridine rings is 1. The fraction of sp³-hybridized carbons (Fsp3) is 0.0800. The van der Waals surface area contributed by atoms with Crippen LogP contribution in [0, 0.1) is 0 Å². The summed E-state index contributed by atoms with van der Waals surface area (Å²) in [5.41, 5.74) is 5.06. The molecule has 0 aliphatic heterocycles. The van der Waals surface area contributed by atoms with Gasteiger partial charge in [0, 0.05) is 24.2 Å². The van der Waals surface area contributed by atoms with E-state index in [0.717, 1.165) is 33.9 Å². The van der Waals surface area contributed by atoms with Crippen LogP contribution in [-0.4, -0.2) is 29.8 Å². The average Bonchev–Trinajstić information content (AvgIpc) is 3.23. The first-order valence-electron chi connectivity index (χ1n) is 10.1. The molecule has 0 aliphatic carbocycles. The van der Waals surface area contributed by atoms with Gasteiger partial charge >= 0.3 is 0 Å². The van der Waals surface area contributed by atoms with Crippen LogP contribution in [0.2, 0.25) is 0 Å². The summed E-state index contributed by atoms with van der Waals surface area (Å²) in [6.45, 7) is 0.486. The molecule has 158 valence electrons. The van der Waals surface area contributed by atoms with Crippen molar-refractivity contribution in [2.45, 2.75) is 11.8 Å². The zero-order valence-electron chi connectivity index (χ0n) is 17.4. The van der Waals surface area contributed by atoms with Gasteiger partial charge in [0.05, 0.1) is 27.9 Å². The maximum absolute atomic E-state index is 12.0. The van der Waals surface area contributed by atoms with Crippen LogP contribution in [0.5, 0.6) is 5.75 Å². The third-order valence-electron chi connectivity index (χ3n) is 5.02. The lowest BCUT2D eigenvalue weighted by Crippen LogP contribution is -2.00. The zero-order chi connectivity index (χ0) is 21.9. The number of imidazole rings is 1. The van der Waals surface area contributed by atoms with E-state index < -0.39 is 10.8 Å². The second-order valence-corrected chi connectivity index (χ2v) is 8.49. The molecule has 32 heavy (non-hydrogen) atoms.